The summed E-state index contributed by atoms with van der Waals surface area (Å²) in [4.78, 5) is 21.0. The lowest BCUT2D eigenvalue weighted by molar-refractivity contribution is -0.117. The number of nitrogens with zero attached hydrogens (tertiary/aromatic N) is 2. The normalized spacial score (nSPS) is 20.5. The second kappa shape index (κ2) is 10.8. The summed E-state index contributed by atoms with van der Waals surface area (Å²) < 4.78 is 0. The van der Waals surface area contributed by atoms with Crippen molar-refractivity contribution in [2.24, 2.45) is 0 Å². The molecule has 8 nitrogen and oxygen atoms in total. The number of aliphatic hydroxyl groups is 2. The highest BCUT2D eigenvalue weighted by Gasteiger charge is 2.35. The van der Waals surface area contributed by atoms with Gasteiger partial charge in [0.25, 0.3) is 0 Å². The number of hydrogen-bond acceptors (Lipinski definition) is 9. The van der Waals surface area contributed by atoms with E-state index in [-0.39, 0.29) is 11.9 Å². The van der Waals surface area contributed by atoms with E-state index in [0.717, 1.165) is 63.4 Å². The molecular formula is C25H31N5O3S2. The van der Waals surface area contributed by atoms with Crippen LogP contribution >= 0.6 is 22.7 Å². The Labute approximate surface area is 213 Å². The molecular weight excluding hydrogens is 482 g/mol. The van der Waals surface area contributed by atoms with Gasteiger partial charge in [-0.1, -0.05) is 24.3 Å². The number of carbonyl (C=O) groups is 1. The van der Waals surface area contributed by atoms with E-state index in [1.54, 1.807) is 18.3 Å². The van der Waals surface area contributed by atoms with E-state index < -0.39 is 12.5 Å². The topological polar surface area (TPSA) is 110 Å². The molecule has 0 bridgehead atoms. The minimum Gasteiger partial charge on any atom is -0.379 e. The number of thiazole rings is 1. The molecule has 0 spiro atoms. The van der Waals surface area contributed by atoms with Crippen LogP contribution in [0.1, 0.15) is 47.4 Å². The third-order valence-electron chi connectivity index (χ3n) is 6.47. The first-order valence-corrected chi connectivity index (χ1v) is 13.6. The molecule has 2 unspecified atom stereocenters. The summed E-state index contributed by atoms with van der Waals surface area (Å²) in [6.45, 7) is 4.73. The summed E-state index contributed by atoms with van der Waals surface area (Å²) in [6, 6.07) is 11.9. The van der Waals surface area contributed by atoms with Crippen molar-refractivity contribution in [3.8, 4) is 10.4 Å². The molecule has 2 aliphatic heterocycles. The first-order valence-electron chi connectivity index (χ1n) is 12.0. The Morgan fingerprint density at radius 3 is 2.71 bits per heavy atom. The molecule has 35 heavy (non-hydrogen) atoms. The fourth-order valence-electron chi connectivity index (χ4n) is 4.39. The number of amides is 1. The van der Waals surface area contributed by atoms with Crippen molar-refractivity contribution in [1.82, 2.24) is 20.5 Å². The smallest absolute Gasteiger partial charge is 0.242 e. The minimum absolute atomic E-state index is 0.0000395. The van der Waals surface area contributed by atoms with E-state index in [1.807, 2.05) is 23.2 Å². The molecule has 3 aromatic rings. The molecule has 2 aliphatic rings. The lowest BCUT2D eigenvalue weighted by atomic mass is 10.0. The molecule has 10 heteroatoms. The zero-order valence-electron chi connectivity index (χ0n) is 19.6. The van der Waals surface area contributed by atoms with Crippen molar-refractivity contribution in [2.45, 2.75) is 50.7 Å². The Morgan fingerprint density at radius 1 is 1.20 bits per heavy atom. The van der Waals surface area contributed by atoms with E-state index in [4.69, 9.17) is 0 Å². The maximum atomic E-state index is 12.3. The van der Waals surface area contributed by atoms with Crippen LogP contribution in [0.5, 0.6) is 0 Å². The first kappa shape index (κ1) is 24.5. The van der Waals surface area contributed by atoms with Crippen LogP contribution in [0.15, 0.2) is 42.6 Å². The Hall–Kier alpha value is -2.18. The van der Waals surface area contributed by atoms with Crippen molar-refractivity contribution >= 4 is 33.6 Å². The molecule has 0 aliphatic carbocycles. The lowest BCUT2D eigenvalue weighted by Gasteiger charge is -2.40. The quantitative estimate of drug-likeness (QED) is 0.280. The molecule has 2 aromatic heterocycles. The van der Waals surface area contributed by atoms with Crippen molar-refractivity contribution in [3.63, 3.8) is 0 Å². The van der Waals surface area contributed by atoms with Gasteiger partial charge >= 0.3 is 0 Å². The summed E-state index contributed by atoms with van der Waals surface area (Å²) in [7, 11) is 0. The largest absolute Gasteiger partial charge is 0.379 e. The van der Waals surface area contributed by atoms with Crippen LogP contribution in [0.2, 0.25) is 0 Å². The molecule has 2 fully saturated rings. The van der Waals surface area contributed by atoms with Crippen LogP contribution < -0.4 is 16.0 Å². The van der Waals surface area contributed by atoms with E-state index in [1.165, 1.54) is 11.3 Å². The number of likely N-dealkylation sites (tertiary alicyclic amines) is 1. The highest BCUT2D eigenvalue weighted by molar-refractivity contribution is 7.16. The van der Waals surface area contributed by atoms with Crippen molar-refractivity contribution < 1.29 is 15.0 Å². The van der Waals surface area contributed by atoms with Crippen molar-refractivity contribution in [2.75, 3.05) is 25.0 Å². The summed E-state index contributed by atoms with van der Waals surface area (Å²) in [5, 5.41) is 31.2. The van der Waals surface area contributed by atoms with Gasteiger partial charge in [0.05, 0.1) is 25.8 Å². The SMILES string of the molecule is CC(O)NCc1ccc(-c2cnc(C3CN(C(O)c4ccc(NC(=O)[C@@H]5CCCN5)s4)C3)s2)cc1. The van der Waals surface area contributed by atoms with Crippen molar-refractivity contribution in [3.05, 3.63) is 58.0 Å². The molecule has 5 rings (SSSR count). The predicted octanol–water partition coefficient (Wildman–Crippen LogP) is 3.08. The first-order chi connectivity index (χ1) is 17.0. The molecule has 3 atom stereocenters. The third kappa shape index (κ3) is 5.80. The molecule has 1 aromatic carbocycles. The summed E-state index contributed by atoms with van der Waals surface area (Å²) in [5.74, 6) is 0.311. The number of rotatable bonds is 9. The molecule has 1 amide bonds. The standard InChI is InChI=1S/C25H31N5O3S2/c1-15(31)27-11-16-4-6-17(7-5-16)21-12-28-24(35-21)18-13-30(14-18)25(33)20-8-9-22(34-20)29-23(32)19-3-2-10-26-19/h4-9,12,15,18-19,25-27,31,33H,2-3,10-11,13-14H2,1H3,(H,29,32)/t15?,19-,25?/m0/s1. The molecule has 2 saturated heterocycles. The second-order valence-corrected chi connectivity index (χ2v) is 11.4. The molecule has 5 N–H and O–H groups in total. The zero-order valence-corrected chi connectivity index (χ0v) is 21.2. The van der Waals surface area contributed by atoms with E-state index in [2.05, 4.69) is 45.2 Å². The highest BCUT2D eigenvalue weighted by Crippen LogP contribution is 2.39. The van der Waals surface area contributed by atoms with Gasteiger partial charge < -0.3 is 20.8 Å². The van der Waals surface area contributed by atoms with Crippen LogP contribution in [0.3, 0.4) is 0 Å². The number of hydrogen-bond donors (Lipinski definition) is 5. The predicted molar refractivity (Wildman–Crippen MR) is 139 cm³/mol. The van der Waals surface area contributed by atoms with Crippen LogP contribution in [0, 0.1) is 0 Å². The van der Waals surface area contributed by atoms with Gasteiger partial charge in [0, 0.05) is 31.7 Å². The summed E-state index contributed by atoms with van der Waals surface area (Å²) >= 11 is 3.13. The van der Waals surface area contributed by atoms with Crippen molar-refractivity contribution in [1.29, 1.82) is 0 Å². The number of nitrogens with one attached hydrogen (secondary N) is 3. The van der Waals surface area contributed by atoms with Gasteiger partial charge in [-0.15, -0.1) is 22.7 Å². The van der Waals surface area contributed by atoms with E-state index in [9.17, 15) is 15.0 Å². The van der Waals surface area contributed by atoms with Gasteiger partial charge in [0.15, 0.2) is 0 Å². The Morgan fingerprint density at radius 2 is 2.00 bits per heavy atom. The minimum atomic E-state index is -0.672. The number of benzene rings is 1. The highest BCUT2D eigenvalue weighted by atomic mass is 32.1. The number of carbonyl (C=O) groups excluding carboxylic acids is 1. The fourth-order valence-corrected chi connectivity index (χ4v) is 6.32. The second-order valence-electron chi connectivity index (χ2n) is 9.18. The Bertz CT molecular complexity index is 1130. The lowest BCUT2D eigenvalue weighted by Crippen LogP contribution is -2.46. The Balaban J connectivity index is 1.13. The molecule has 0 saturated carbocycles. The van der Waals surface area contributed by atoms with E-state index in [0.29, 0.717) is 12.5 Å². The van der Waals surface area contributed by atoms with Gasteiger partial charge in [0.2, 0.25) is 5.91 Å². The summed E-state index contributed by atoms with van der Waals surface area (Å²) in [6.07, 6.45) is 2.62. The van der Waals surface area contributed by atoms with Crippen LogP contribution in [-0.2, 0) is 11.3 Å². The van der Waals surface area contributed by atoms with Crippen LogP contribution in [0.25, 0.3) is 10.4 Å². The average molecular weight is 514 g/mol. The monoisotopic (exact) mass is 513 g/mol. The number of thiophene rings is 1. The fraction of sp³-hybridized carbons (Fsp3) is 0.440. The molecule has 0 radical (unpaired) electrons. The number of aromatic nitrogens is 1. The van der Waals surface area contributed by atoms with Crippen LogP contribution in [0.4, 0.5) is 5.00 Å². The van der Waals surface area contributed by atoms with Gasteiger partial charge in [-0.2, -0.15) is 0 Å². The average Bonchev–Trinajstić information content (AvgIpc) is 3.59. The number of aliphatic hydroxyl groups excluding tert-OH is 2. The van der Waals surface area contributed by atoms with Gasteiger partial charge in [-0.3, -0.25) is 15.0 Å². The number of anilines is 1. The molecule has 186 valence electrons. The Kier molecular flexibility index (Phi) is 7.59. The van der Waals surface area contributed by atoms with Gasteiger partial charge in [-0.25, -0.2) is 4.98 Å². The maximum absolute atomic E-state index is 12.3. The van der Waals surface area contributed by atoms with Gasteiger partial charge in [-0.05, 0) is 49.6 Å². The summed E-state index contributed by atoms with van der Waals surface area (Å²) in [5.41, 5.74) is 2.25. The van der Waals surface area contributed by atoms with E-state index >= 15 is 0 Å². The van der Waals surface area contributed by atoms with Gasteiger partial charge in [0.1, 0.15) is 12.5 Å². The molecule has 4 heterocycles. The van der Waals surface area contributed by atoms with Crippen LogP contribution in [-0.4, -0.2) is 57.9 Å². The zero-order chi connectivity index (χ0) is 24.4. The maximum Gasteiger partial charge on any atom is 0.242 e. The third-order valence-corrected chi connectivity index (χ3v) is 8.72.